The van der Waals surface area contributed by atoms with Crippen LogP contribution in [0.4, 0.5) is 0 Å². The summed E-state index contributed by atoms with van der Waals surface area (Å²) in [5.41, 5.74) is 1.12. The number of nitrogens with zero attached hydrogens (tertiary/aromatic N) is 2. The molecule has 0 aliphatic carbocycles. The van der Waals surface area contributed by atoms with Crippen LogP contribution in [0, 0.1) is 0 Å². The molecule has 0 fully saturated rings. The third-order valence-electron chi connectivity index (χ3n) is 3.61. The largest absolute Gasteiger partial charge is 0.466 e. The second-order valence-electron chi connectivity index (χ2n) is 5.53. The Kier molecular flexibility index (Phi) is 7.36. The Hall–Kier alpha value is -2.18. The van der Waals surface area contributed by atoms with Crippen LogP contribution in [-0.4, -0.2) is 28.5 Å². The molecule has 1 aromatic heterocycles. The van der Waals surface area contributed by atoms with Gasteiger partial charge in [-0.25, -0.2) is 9.97 Å². The quantitative estimate of drug-likeness (QED) is 0.654. The Morgan fingerprint density at radius 1 is 1.08 bits per heavy atom. The molecule has 0 saturated carbocycles. The monoisotopic (exact) mass is 396 g/mol. The number of hydrogen-bond acceptors (Lipinski definition) is 6. The van der Waals surface area contributed by atoms with Gasteiger partial charge in [0.15, 0.2) is 0 Å². The molecule has 6 nitrogen and oxygen atoms in total. The summed E-state index contributed by atoms with van der Waals surface area (Å²) in [5.74, 6) is -1.61. The summed E-state index contributed by atoms with van der Waals surface area (Å²) < 4.78 is 10.5. The minimum Gasteiger partial charge on any atom is -0.466 e. The number of carbonyl (C=O) groups is 2. The maximum atomic E-state index is 12.5. The van der Waals surface area contributed by atoms with Crippen LogP contribution in [0.25, 0.3) is 0 Å². The lowest BCUT2D eigenvalue weighted by Gasteiger charge is -2.20. The first-order chi connectivity index (χ1) is 12.4. The molecule has 2 aromatic rings. The van der Waals surface area contributed by atoms with E-state index >= 15 is 0 Å². The van der Waals surface area contributed by atoms with Crippen LogP contribution < -0.4 is 0 Å². The number of halogens is 2. The molecule has 0 aliphatic rings. The second kappa shape index (κ2) is 9.50. The van der Waals surface area contributed by atoms with Gasteiger partial charge in [-0.1, -0.05) is 23.2 Å². The van der Waals surface area contributed by atoms with Crippen molar-refractivity contribution in [3.63, 3.8) is 0 Å². The molecule has 8 heteroatoms. The van der Waals surface area contributed by atoms with Gasteiger partial charge in [0.05, 0.1) is 18.9 Å². The van der Waals surface area contributed by atoms with Gasteiger partial charge in [-0.15, -0.1) is 0 Å². The summed E-state index contributed by atoms with van der Waals surface area (Å²) >= 11 is 12.1. The normalized spacial score (nSPS) is 12.9. The highest BCUT2D eigenvalue weighted by Gasteiger charge is 2.26. The fourth-order valence-electron chi connectivity index (χ4n) is 2.27. The van der Waals surface area contributed by atoms with Gasteiger partial charge in [0.1, 0.15) is 12.4 Å². The maximum absolute atomic E-state index is 12.5. The lowest BCUT2D eigenvalue weighted by atomic mass is 10.0. The molecule has 138 valence electrons. The smallest absolute Gasteiger partial charge is 0.313 e. The van der Waals surface area contributed by atoms with E-state index in [4.69, 9.17) is 32.7 Å². The Balaban J connectivity index is 2.22. The Morgan fingerprint density at radius 2 is 1.69 bits per heavy atom. The van der Waals surface area contributed by atoms with Crippen LogP contribution in [0.5, 0.6) is 0 Å². The predicted octanol–water partition coefficient (Wildman–Crippen LogP) is 4.12. The van der Waals surface area contributed by atoms with E-state index in [1.54, 1.807) is 32.0 Å². The third-order valence-corrected chi connectivity index (χ3v) is 4.04. The lowest BCUT2D eigenvalue weighted by Crippen LogP contribution is -2.20. The van der Waals surface area contributed by atoms with Gasteiger partial charge in [0.2, 0.25) is 0 Å². The average molecular weight is 397 g/mol. The first-order valence-electron chi connectivity index (χ1n) is 7.97. The molecule has 0 spiro atoms. The summed E-state index contributed by atoms with van der Waals surface area (Å²) in [6.07, 6.45) is 3.43. The molecule has 1 aromatic carbocycles. The van der Waals surface area contributed by atoms with Crippen molar-refractivity contribution in [3.05, 3.63) is 58.1 Å². The van der Waals surface area contributed by atoms with Crippen molar-refractivity contribution in [3.8, 4) is 0 Å². The molecule has 26 heavy (non-hydrogen) atoms. The minimum absolute atomic E-state index is 0.145. The zero-order chi connectivity index (χ0) is 19.1. The number of hydrogen-bond donors (Lipinski definition) is 0. The molecule has 0 radical (unpaired) electrons. The van der Waals surface area contributed by atoms with Gasteiger partial charge in [-0.2, -0.15) is 0 Å². The minimum atomic E-state index is -0.871. The fraction of sp³-hybridized carbons (Fsp3) is 0.333. The topological polar surface area (TPSA) is 78.4 Å². The molecule has 0 saturated heterocycles. The van der Waals surface area contributed by atoms with E-state index in [-0.39, 0.29) is 13.0 Å². The lowest BCUT2D eigenvalue weighted by molar-refractivity contribution is -0.156. The van der Waals surface area contributed by atoms with Gasteiger partial charge in [-0.3, -0.25) is 9.59 Å². The van der Waals surface area contributed by atoms with Crippen molar-refractivity contribution in [2.45, 2.75) is 32.3 Å². The van der Waals surface area contributed by atoms with Crippen LogP contribution in [0.2, 0.25) is 10.0 Å². The highest BCUT2D eigenvalue weighted by atomic mass is 35.5. The highest BCUT2D eigenvalue weighted by molar-refractivity contribution is 6.34. The number of carbonyl (C=O) groups excluding carboxylic acids is 2. The van der Waals surface area contributed by atoms with Crippen LogP contribution in [0.15, 0.2) is 36.9 Å². The molecule has 0 bridgehead atoms. The summed E-state index contributed by atoms with van der Waals surface area (Å²) in [4.78, 5) is 32.2. The van der Waals surface area contributed by atoms with E-state index in [0.29, 0.717) is 21.2 Å². The Morgan fingerprint density at radius 3 is 2.27 bits per heavy atom. The number of esters is 2. The maximum Gasteiger partial charge on any atom is 0.313 e. The zero-order valence-electron chi connectivity index (χ0n) is 14.3. The van der Waals surface area contributed by atoms with Crippen LogP contribution in [0.3, 0.4) is 0 Å². The van der Waals surface area contributed by atoms with Gasteiger partial charge < -0.3 is 9.47 Å². The summed E-state index contributed by atoms with van der Waals surface area (Å²) in [5, 5.41) is 0.754. The van der Waals surface area contributed by atoms with Crippen molar-refractivity contribution in [1.82, 2.24) is 9.97 Å². The molecule has 0 amide bonds. The number of rotatable bonds is 7. The van der Waals surface area contributed by atoms with Crippen LogP contribution in [0.1, 0.15) is 43.4 Å². The molecule has 2 unspecified atom stereocenters. The summed E-state index contributed by atoms with van der Waals surface area (Å²) in [7, 11) is 0. The predicted molar refractivity (Wildman–Crippen MR) is 97.0 cm³/mol. The average Bonchev–Trinajstić information content (AvgIpc) is 2.60. The van der Waals surface area contributed by atoms with Gasteiger partial charge in [0.25, 0.3) is 0 Å². The number of benzene rings is 1. The standard InChI is InChI=1S/C18H18Cl2N2O4/c1-3-25-17(23)7-16(12-4-14(19)6-15(20)5-12)26-18(24)11(2)13-8-21-10-22-9-13/h4-6,8-11,16H,3,7H2,1-2H3. The van der Waals surface area contributed by atoms with Gasteiger partial charge in [-0.05, 0) is 37.6 Å². The van der Waals surface area contributed by atoms with Crippen LogP contribution in [-0.2, 0) is 19.1 Å². The van der Waals surface area contributed by atoms with E-state index in [1.807, 2.05) is 0 Å². The van der Waals surface area contributed by atoms with Crippen molar-refractivity contribution in [2.24, 2.45) is 0 Å². The van der Waals surface area contributed by atoms with Crippen molar-refractivity contribution < 1.29 is 19.1 Å². The molecular weight excluding hydrogens is 379 g/mol. The zero-order valence-corrected chi connectivity index (χ0v) is 15.8. The van der Waals surface area contributed by atoms with Crippen molar-refractivity contribution in [2.75, 3.05) is 6.61 Å². The van der Waals surface area contributed by atoms with E-state index in [9.17, 15) is 9.59 Å². The Bertz CT molecular complexity index is 751. The Labute approximate surface area is 161 Å². The molecule has 0 aliphatic heterocycles. The summed E-state index contributed by atoms with van der Waals surface area (Å²) in [6.45, 7) is 3.60. The first-order valence-corrected chi connectivity index (χ1v) is 8.73. The van der Waals surface area contributed by atoms with E-state index in [0.717, 1.165) is 0 Å². The summed E-state index contributed by atoms with van der Waals surface area (Å²) in [6, 6.07) is 4.75. The fourth-order valence-corrected chi connectivity index (χ4v) is 2.82. The molecule has 0 N–H and O–H groups in total. The molecule has 2 atom stereocenters. The van der Waals surface area contributed by atoms with Crippen molar-refractivity contribution in [1.29, 1.82) is 0 Å². The second-order valence-corrected chi connectivity index (χ2v) is 6.40. The molecule has 1 heterocycles. The van der Waals surface area contributed by atoms with E-state index in [1.165, 1.54) is 18.7 Å². The SMILES string of the molecule is CCOC(=O)CC(OC(=O)C(C)c1cncnc1)c1cc(Cl)cc(Cl)c1. The van der Waals surface area contributed by atoms with E-state index < -0.39 is 24.0 Å². The number of ether oxygens (including phenoxy) is 2. The first kappa shape index (κ1) is 20.1. The van der Waals surface area contributed by atoms with E-state index in [2.05, 4.69) is 9.97 Å². The third kappa shape index (κ3) is 5.68. The van der Waals surface area contributed by atoms with Gasteiger partial charge >= 0.3 is 11.9 Å². The molecular formula is C18H18Cl2N2O4. The van der Waals surface area contributed by atoms with Gasteiger partial charge in [0, 0.05) is 28.0 Å². The number of aromatic nitrogens is 2. The van der Waals surface area contributed by atoms with Crippen LogP contribution >= 0.6 is 23.2 Å². The molecule has 2 rings (SSSR count). The van der Waals surface area contributed by atoms with Crippen molar-refractivity contribution >= 4 is 35.1 Å². The highest BCUT2D eigenvalue weighted by Crippen LogP contribution is 2.30.